The van der Waals surface area contributed by atoms with E-state index in [1.54, 1.807) is 13.3 Å². The Labute approximate surface area is 157 Å². The summed E-state index contributed by atoms with van der Waals surface area (Å²) in [6.45, 7) is 4.43. The van der Waals surface area contributed by atoms with Gasteiger partial charge in [0, 0.05) is 10.9 Å². The number of nitrogens with zero attached hydrogens (tertiary/aromatic N) is 2. The van der Waals surface area contributed by atoms with Crippen molar-refractivity contribution in [2.75, 3.05) is 12.5 Å². The van der Waals surface area contributed by atoms with Crippen molar-refractivity contribution in [1.29, 1.82) is 0 Å². The standard InChI is InChI=1S/C20H21N3O2S/c1-14-4-7-18(8-5-14)25-12-17-10-16(6-9-19(17)24-3)11-21-23-20-22-15(2)13-26-20/h4-11,13H,12H2,1-3H3,(H,22,23). The highest BCUT2D eigenvalue weighted by Gasteiger charge is 2.05. The third kappa shape index (κ3) is 4.83. The van der Waals surface area contributed by atoms with Gasteiger partial charge in [-0.25, -0.2) is 4.98 Å². The van der Waals surface area contributed by atoms with Crippen molar-refractivity contribution in [3.63, 3.8) is 0 Å². The van der Waals surface area contributed by atoms with E-state index in [2.05, 4.69) is 22.4 Å². The molecule has 3 aromatic rings. The predicted octanol–water partition coefficient (Wildman–Crippen LogP) is 4.79. The van der Waals surface area contributed by atoms with Crippen LogP contribution < -0.4 is 14.9 Å². The zero-order chi connectivity index (χ0) is 18.4. The van der Waals surface area contributed by atoms with Crippen molar-refractivity contribution >= 4 is 22.7 Å². The Hall–Kier alpha value is -2.86. The summed E-state index contributed by atoms with van der Waals surface area (Å²) in [6.07, 6.45) is 1.76. The molecule has 0 amide bonds. The SMILES string of the molecule is COc1ccc(C=NNc2nc(C)cs2)cc1COc1ccc(C)cc1. The number of hydrazone groups is 1. The van der Waals surface area contributed by atoms with Gasteiger partial charge in [-0.1, -0.05) is 17.7 Å². The van der Waals surface area contributed by atoms with Crippen molar-refractivity contribution in [2.24, 2.45) is 5.10 Å². The summed E-state index contributed by atoms with van der Waals surface area (Å²) in [7, 11) is 1.66. The molecule has 2 aromatic carbocycles. The first-order valence-corrected chi connectivity index (χ1v) is 9.09. The third-order valence-corrected chi connectivity index (χ3v) is 4.58. The molecule has 1 aromatic heterocycles. The maximum Gasteiger partial charge on any atom is 0.203 e. The van der Waals surface area contributed by atoms with Crippen molar-refractivity contribution in [1.82, 2.24) is 4.98 Å². The number of benzene rings is 2. The third-order valence-electron chi connectivity index (χ3n) is 3.71. The number of rotatable bonds is 7. The molecule has 5 nitrogen and oxygen atoms in total. The molecule has 0 aliphatic carbocycles. The Bertz CT molecular complexity index is 888. The summed E-state index contributed by atoms with van der Waals surface area (Å²) in [5, 5.41) is 6.99. The Morgan fingerprint density at radius 2 is 1.96 bits per heavy atom. The fourth-order valence-electron chi connectivity index (χ4n) is 2.35. The second kappa shape index (κ2) is 8.49. The smallest absolute Gasteiger partial charge is 0.203 e. The Morgan fingerprint density at radius 1 is 1.15 bits per heavy atom. The van der Waals surface area contributed by atoms with E-state index in [1.165, 1.54) is 16.9 Å². The van der Waals surface area contributed by atoms with Crippen LogP contribution in [0.4, 0.5) is 5.13 Å². The molecule has 0 saturated carbocycles. The lowest BCUT2D eigenvalue weighted by Crippen LogP contribution is -2.00. The van der Waals surface area contributed by atoms with Crippen LogP contribution in [0, 0.1) is 13.8 Å². The minimum Gasteiger partial charge on any atom is -0.496 e. The van der Waals surface area contributed by atoms with E-state index in [-0.39, 0.29) is 0 Å². The van der Waals surface area contributed by atoms with Crippen LogP contribution in [0.2, 0.25) is 0 Å². The lowest BCUT2D eigenvalue weighted by Gasteiger charge is -2.11. The van der Waals surface area contributed by atoms with Gasteiger partial charge in [-0.3, -0.25) is 5.43 Å². The van der Waals surface area contributed by atoms with E-state index < -0.39 is 0 Å². The van der Waals surface area contributed by atoms with Crippen LogP contribution in [-0.4, -0.2) is 18.3 Å². The molecule has 6 heteroatoms. The molecule has 0 saturated heterocycles. The largest absolute Gasteiger partial charge is 0.496 e. The molecule has 134 valence electrons. The van der Waals surface area contributed by atoms with Gasteiger partial charge in [-0.2, -0.15) is 5.10 Å². The van der Waals surface area contributed by atoms with Gasteiger partial charge >= 0.3 is 0 Å². The van der Waals surface area contributed by atoms with Crippen LogP contribution in [0.3, 0.4) is 0 Å². The maximum absolute atomic E-state index is 5.87. The molecule has 0 atom stereocenters. The van der Waals surface area contributed by atoms with Gasteiger partial charge in [0.15, 0.2) is 0 Å². The van der Waals surface area contributed by atoms with Gasteiger partial charge in [0.2, 0.25) is 5.13 Å². The molecule has 0 radical (unpaired) electrons. The number of hydrogen-bond donors (Lipinski definition) is 1. The number of thiazole rings is 1. The summed E-state index contributed by atoms with van der Waals surface area (Å²) in [5.41, 5.74) is 7.04. The van der Waals surface area contributed by atoms with Gasteiger partial charge in [0.05, 0.1) is 19.0 Å². The van der Waals surface area contributed by atoms with E-state index in [9.17, 15) is 0 Å². The maximum atomic E-state index is 5.87. The molecular formula is C20H21N3O2S. The lowest BCUT2D eigenvalue weighted by atomic mass is 10.1. The van der Waals surface area contributed by atoms with Gasteiger partial charge in [0.25, 0.3) is 0 Å². The van der Waals surface area contributed by atoms with Gasteiger partial charge in [-0.15, -0.1) is 11.3 Å². The zero-order valence-electron chi connectivity index (χ0n) is 15.0. The first-order valence-electron chi connectivity index (χ1n) is 8.21. The minimum absolute atomic E-state index is 0.424. The van der Waals surface area contributed by atoms with E-state index in [4.69, 9.17) is 9.47 Å². The van der Waals surface area contributed by atoms with Crippen molar-refractivity contribution in [2.45, 2.75) is 20.5 Å². The number of ether oxygens (including phenoxy) is 2. The molecule has 0 fully saturated rings. The Balaban J connectivity index is 1.68. The highest BCUT2D eigenvalue weighted by atomic mass is 32.1. The summed E-state index contributed by atoms with van der Waals surface area (Å²) in [6, 6.07) is 13.9. The number of aromatic nitrogens is 1. The van der Waals surface area contributed by atoms with Crippen molar-refractivity contribution in [3.05, 3.63) is 70.2 Å². The summed E-state index contributed by atoms with van der Waals surface area (Å²) < 4.78 is 11.3. The average Bonchev–Trinajstić information content (AvgIpc) is 3.06. The Kier molecular flexibility index (Phi) is 5.86. The lowest BCUT2D eigenvalue weighted by molar-refractivity contribution is 0.296. The highest BCUT2D eigenvalue weighted by Crippen LogP contribution is 2.22. The monoisotopic (exact) mass is 367 g/mol. The Morgan fingerprint density at radius 3 is 2.65 bits per heavy atom. The molecule has 0 spiro atoms. The molecule has 0 aliphatic heterocycles. The van der Waals surface area contributed by atoms with E-state index in [0.717, 1.165) is 33.5 Å². The molecule has 26 heavy (non-hydrogen) atoms. The van der Waals surface area contributed by atoms with Gasteiger partial charge in [0.1, 0.15) is 18.1 Å². The predicted molar refractivity (Wildman–Crippen MR) is 107 cm³/mol. The van der Waals surface area contributed by atoms with E-state index in [1.807, 2.05) is 54.8 Å². The first kappa shape index (κ1) is 17.9. The van der Waals surface area contributed by atoms with Crippen LogP contribution in [0.1, 0.15) is 22.4 Å². The normalized spacial score (nSPS) is 10.9. The van der Waals surface area contributed by atoms with Crippen molar-refractivity contribution in [3.8, 4) is 11.5 Å². The fourth-order valence-corrected chi connectivity index (χ4v) is 2.99. The molecule has 3 rings (SSSR count). The second-order valence-electron chi connectivity index (χ2n) is 5.84. The highest BCUT2D eigenvalue weighted by molar-refractivity contribution is 7.13. The summed E-state index contributed by atoms with van der Waals surface area (Å²) in [4.78, 5) is 4.31. The van der Waals surface area contributed by atoms with Crippen molar-refractivity contribution < 1.29 is 9.47 Å². The fraction of sp³-hybridized carbons (Fsp3) is 0.200. The zero-order valence-corrected chi connectivity index (χ0v) is 15.8. The second-order valence-corrected chi connectivity index (χ2v) is 6.70. The van der Waals surface area contributed by atoms with E-state index in [0.29, 0.717) is 6.61 Å². The number of nitrogens with one attached hydrogen (secondary N) is 1. The quantitative estimate of drug-likeness (QED) is 0.482. The van der Waals surface area contributed by atoms with Gasteiger partial charge < -0.3 is 9.47 Å². The van der Waals surface area contributed by atoms with Crippen LogP contribution in [0.15, 0.2) is 52.9 Å². The number of anilines is 1. The summed E-state index contributed by atoms with van der Waals surface area (Å²) in [5.74, 6) is 1.62. The summed E-state index contributed by atoms with van der Waals surface area (Å²) >= 11 is 1.52. The number of hydrogen-bond acceptors (Lipinski definition) is 6. The van der Waals surface area contributed by atoms with E-state index >= 15 is 0 Å². The number of aryl methyl sites for hydroxylation is 2. The molecule has 0 bridgehead atoms. The molecule has 1 N–H and O–H groups in total. The average molecular weight is 367 g/mol. The minimum atomic E-state index is 0.424. The number of methoxy groups -OCH3 is 1. The van der Waals surface area contributed by atoms with Crippen LogP contribution >= 0.6 is 11.3 Å². The molecule has 1 heterocycles. The van der Waals surface area contributed by atoms with Crippen LogP contribution in [0.5, 0.6) is 11.5 Å². The van der Waals surface area contributed by atoms with Crippen LogP contribution in [0.25, 0.3) is 0 Å². The van der Waals surface area contributed by atoms with Gasteiger partial charge in [-0.05, 0) is 49.7 Å². The molecular weight excluding hydrogens is 346 g/mol. The first-order chi connectivity index (χ1) is 12.6. The van der Waals surface area contributed by atoms with Crippen LogP contribution in [-0.2, 0) is 6.61 Å². The topological polar surface area (TPSA) is 55.7 Å². The molecule has 0 unspecified atom stereocenters. The molecule has 0 aliphatic rings.